The summed E-state index contributed by atoms with van der Waals surface area (Å²) in [5.74, 6) is 0.120. The molecule has 1 fully saturated rings. The largest absolute Gasteiger partial charge is 0.349 e. The van der Waals surface area contributed by atoms with Crippen LogP contribution < -0.4 is 5.32 Å². The minimum absolute atomic E-state index is 0.0697. The van der Waals surface area contributed by atoms with Gasteiger partial charge in [-0.1, -0.05) is 24.3 Å². The summed E-state index contributed by atoms with van der Waals surface area (Å²) in [6.45, 7) is 2.57. The highest BCUT2D eigenvalue weighted by molar-refractivity contribution is 7.89. The summed E-state index contributed by atoms with van der Waals surface area (Å²) < 4.78 is 25.3. The van der Waals surface area contributed by atoms with Crippen LogP contribution in [0.1, 0.15) is 43.4 Å². The Balaban J connectivity index is 1.57. The number of rotatable bonds is 4. The molecule has 2 aliphatic rings. The van der Waals surface area contributed by atoms with Gasteiger partial charge in [0.15, 0.2) is 0 Å². The maximum Gasteiger partial charge on any atom is 0.223 e. The van der Waals surface area contributed by atoms with Crippen LogP contribution in [0.3, 0.4) is 0 Å². The highest BCUT2D eigenvalue weighted by Gasteiger charge is 2.32. The third kappa shape index (κ3) is 3.43. The van der Waals surface area contributed by atoms with E-state index >= 15 is 0 Å². The maximum absolute atomic E-state index is 12.5. The second kappa shape index (κ2) is 6.61. The molecule has 1 aliphatic heterocycles. The standard InChI is InChI=1S/C17H24N2O3S/c1-2-23(21,22)19-11-9-14(10-12-19)17(20)18-16-8-7-13-5-3-4-6-15(13)16/h3-6,14,16H,2,7-12H2,1H3,(H,18,20)/t16-/m1/s1. The summed E-state index contributed by atoms with van der Waals surface area (Å²) in [4.78, 5) is 12.5. The average Bonchev–Trinajstić information content (AvgIpc) is 2.98. The summed E-state index contributed by atoms with van der Waals surface area (Å²) in [7, 11) is -3.13. The number of hydrogen-bond acceptors (Lipinski definition) is 3. The summed E-state index contributed by atoms with van der Waals surface area (Å²) in [6, 6.07) is 8.36. The first-order chi connectivity index (χ1) is 11.0. The molecule has 1 amide bonds. The number of carbonyl (C=O) groups excluding carboxylic acids is 1. The van der Waals surface area contributed by atoms with Gasteiger partial charge in [-0.3, -0.25) is 4.79 Å². The van der Waals surface area contributed by atoms with E-state index < -0.39 is 10.0 Å². The number of carbonyl (C=O) groups is 1. The summed E-state index contributed by atoms with van der Waals surface area (Å²) in [5, 5.41) is 3.17. The number of hydrogen-bond donors (Lipinski definition) is 1. The minimum atomic E-state index is -3.13. The van der Waals surface area contributed by atoms with Crippen LogP contribution in [-0.2, 0) is 21.2 Å². The van der Waals surface area contributed by atoms with Gasteiger partial charge in [0.05, 0.1) is 11.8 Å². The topological polar surface area (TPSA) is 66.5 Å². The third-order valence-corrected chi connectivity index (χ3v) is 6.91. The number of aryl methyl sites for hydroxylation is 1. The normalized spacial score (nSPS) is 22.7. The lowest BCUT2D eigenvalue weighted by atomic mass is 9.96. The zero-order valence-electron chi connectivity index (χ0n) is 13.5. The Labute approximate surface area is 138 Å². The second-order valence-electron chi connectivity index (χ2n) is 6.37. The molecule has 1 saturated heterocycles. The highest BCUT2D eigenvalue weighted by Crippen LogP contribution is 2.31. The molecule has 0 saturated carbocycles. The number of fused-ring (bicyclic) bond motifs is 1. The van der Waals surface area contributed by atoms with Crippen molar-refractivity contribution in [3.63, 3.8) is 0 Å². The van der Waals surface area contributed by atoms with E-state index in [0.29, 0.717) is 25.9 Å². The lowest BCUT2D eigenvalue weighted by Gasteiger charge is -2.31. The molecule has 5 nitrogen and oxygen atoms in total. The van der Waals surface area contributed by atoms with Crippen LogP contribution in [0.15, 0.2) is 24.3 Å². The van der Waals surface area contributed by atoms with Crippen LogP contribution in [0.5, 0.6) is 0 Å². The molecule has 23 heavy (non-hydrogen) atoms. The Morgan fingerprint density at radius 3 is 2.61 bits per heavy atom. The van der Waals surface area contributed by atoms with Crippen molar-refractivity contribution in [2.75, 3.05) is 18.8 Å². The van der Waals surface area contributed by atoms with Gasteiger partial charge in [0.2, 0.25) is 15.9 Å². The summed E-state index contributed by atoms with van der Waals surface area (Å²) in [6.07, 6.45) is 3.18. The van der Waals surface area contributed by atoms with E-state index in [0.717, 1.165) is 12.8 Å². The van der Waals surface area contributed by atoms with Crippen LogP contribution in [-0.4, -0.2) is 37.5 Å². The Hall–Kier alpha value is -1.40. The zero-order chi connectivity index (χ0) is 16.4. The third-order valence-electron chi connectivity index (χ3n) is 5.03. The van der Waals surface area contributed by atoms with Crippen LogP contribution in [0.2, 0.25) is 0 Å². The van der Waals surface area contributed by atoms with Gasteiger partial charge in [-0.2, -0.15) is 0 Å². The predicted molar refractivity (Wildman–Crippen MR) is 89.4 cm³/mol. The molecule has 1 N–H and O–H groups in total. The molecule has 1 heterocycles. The monoisotopic (exact) mass is 336 g/mol. The van der Waals surface area contributed by atoms with E-state index in [1.807, 2.05) is 12.1 Å². The van der Waals surface area contributed by atoms with Crippen molar-refractivity contribution < 1.29 is 13.2 Å². The van der Waals surface area contributed by atoms with Crippen molar-refractivity contribution in [2.24, 2.45) is 5.92 Å². The number of amides is 1. The first-order valence-corrected chi connectivity index (χ1v) is 9.98. The van der Waals surface area contributed by atoms with Crippen LogP contribution in [0, 0.1) is 5.92 Å². The summed E-state index contributed by atoms with van der Waals surface area (Å²) >= 11 is 0. The number of nitrogens with one attached hydrogen (secondary N) is 1. The van der Waals surface area contributed by atoms with Gasteiger partial charge in [-0.25, -0.2) is 12.7 Å². The first kappa shape index (κ1) is 16.5. The highest BCUT2D eigenvalue weighted by atomic mass is 32.2. The molecule has 1 atom stereocenters. The zero-order valence-corrected chi connectivity index (χ0v) is 14.3. The first-order valence-electron chi connectivity index (χ1n) is 8.37. The van der Waals surface area contributed by atoms with Gasteiger partial charge < -0.3 is 5.32 Å². The SMILES string of the molecule is CCS(=O)(=O)N1CCC(C(=O)N[C@@H]2CCc3ccccc32)CC1. The van der Waals surface area contributed by atoms with Gasteiger partial charge in [-0.05, 0) is 43.7 Å². The van der Waals surface area contributed by atoms with Crippen molar-refractivity contribution in [3.05, 3.63) is 35.4 Å². The quantitative estimate of drug-likeness (QED) is 0.912. The van der Waals surface area contributed by atoms with Crippen molar-refractivity contribution in [2.45, 2.75) is 38.6 Å². The van der Waals surface area contributed by atoms with E-state index in [1.165, 1.54) is 15.4 Å². The van der Waals surface area contributed by atoms with E-state index in [2.05, 4.69) is 17.4 Å². The Bertz CT molecular complexity index is 679. The molecule has 6 heteroatoms. The van der Waals surface area contributed by atoms with Gasteiger partial charge in [-0.15, -0.1) is 0 Å². The number of sulfonamides is 1. The van der Waals surface area contributed by atoms with Crippen molar-refractivity contribution in [1.82, 2.24) is 9.62 Å². The van der Waals surface area contributed by atoms with E-state index in [1.54, 1.807) is 6.92 Å². The van der Waals surface area contributed by atoms with Gasteiger partial charge in [0.25, 0.3) is 0 Å². The number of piperidine rings is 1. The van der Waals surface area contributed by atoms with Crippen LogP contribution in [0.4, 0.5) is 0 Å². The Morgan fingerprint density at radius 1 is 1.22 bits per heavy atom. The Morgan fingerprint density at radius 2 is 1.91 bits per heavy atom. The molecule has 0 radical (unpaired) electrons. The molecule has 1 aromatic rings. The van der Waals surface area contributed by atoms with Crippen molar-refractivity contribution >= 4 is 15.9 Å². The molecule has 3 rings (SSSR count). The molecule has 126 valence electrons. The molecule has 1 aromatic carbocycles. The molecular weight excluding hydrogens is 312 g/mol. The number of benzene rings is 1. The molecule has 1 aliphatic carbocycles. The fourth-order valence-electron chi connectivity index (χ4n) is 3.58. The molecule has 0 aromatic heterocycles. The van der Waals surface area contributed by atoms with Gasteiger partial charge in [0.1, 0.15) is 0 Å². The fraction of sp³-hybridized carbons (Fsp3) is 0.588. The predicted octanol–water partition coefficient (Wildman–Crippen LogP) is 1.85. The van der Waals surface area contributed by atoms with Crippen LogP contribution >= 0.6 is 0 Å². The van der Waals surface area contributed by atoms with Crippen molar-refractivity contribution in [3.8, 4) is 0 Å². The molecule has 0 bridgehead atoms. The second-order valence-corrected chi connectivity index (χ2v) is 8.63. The smallest absolute Gasteiger partial charge is 0.223 e. The lowest BCUT2D eigenvalue weighted by molar-refractivity contribution is -0.126. The fourth-order valence-corrected chi connectivity index (χ4v) is 4.71. The lowest BCUT2D eigenvalue weighted by Crippen LogP contribution is -2.43. The molecular formula is C17H24N2O3S. The minimum Gasteiger partial charge on any atom is -0.349 e. The van der Waals surface area contributed by atoms with Crippen molar-refractivity contribution in [1.29, 1.82) is 0 Å². The Kier molecular flexibility index (Phi) is 4.73. The molecule has 0 unspecified atom stereocenters. The van der Waals surface area contributed by atoms with E-state index in [-0.39, 0.29) is 23.6 Å². The average molecular weight is 336 g/mol. The van der Waals surface area contributed by atoms with Gasteiger partial charge in [0, 0.05) is 19.0 Å². The van der Waals surface area contributed by atoms with Crippen LogP contribution in [0.25, 0.3) is 0 Å². The summed E-state index contributed by atoms with van der Waals surface area (Å²) in [5.41, 5.74) is 2.55. The number of nitrogens with zero attached hydrogens (tertiary/aromatic N) is 1. The van der Waals surface area contributed by atoms with E-state index in [9.17, 15) is 13.2 Å². The van der Waals surface area contributed by atoms with E-state index in [4.69, 9.17) is 0 Å². The maximum atomic E-state index is 12.5. The van der Waals surface area contributed by atoms with Gasteiger partial charge >= 0.3 is 0 Å². The molecule has 0 spiro atoms.